The smallest absolute Gasteiger partial charge is 0.266 e. The van der Waals surface area contributed by atoms with E-state index in [2.05, 4.69) is 5.32 Å². The van der Waals surface area contributed by atoms with Crippen molar-refractivity contribution in [3.8, 4) is 11.1 Å². The molecule has 1 aliphatic heterocycles. The van der Waals surface area contributed by atoms with Crippen LogP contribution in [0, 0.1) is 0 Å². The fourth-order valence-corrected chi connectivity index (χ4v) is 4.70. The number of hydrogen-bond acceptors (Lipinski definition) is 5. The molecule has 3 aromatic rings. The van der Waals surface area contributed by atoms with Crippen molar-refractivity contribution < 1.29 is 19.2 Å². The van der Waals surface area contributed by atoms with Gasteiger partial charge in [-0.1, -0.05) is 24.3 Å². The van der Waals surface area contributed by atoms with Crippen LogP contribution < -0.4 is 10.2 Å². The summed E-state index contributed by atoms with van der Waals surface area (Å²) in [4.78, 5) is 50.6. The molecule has 0 atom stereocenters. The number of benzene rings is 2. The summed E-state index contributed by atoms with van der Waals surface area (Å²) in [5, 5.41) is 4.66. The minimum atomic E-state index is -0.435. The normalized spacial score (nSPS) is 14.2. The highest BCUT2D eigenvalue weighted by atomic mass is 32.1. The van der Waals surface area contributed by atoms with Gasteiger partial charge in [0.2, 0.25) is 6.41 Å². The highest BCUT2D eigenvalue weighted by Crippen LogP contribution is 2.49. The molecular formula is C20H10N2O4S. The van der Waals surface area contributed by atoms with Crippen LogP contribution in [0.1, 0.15) is 36.6 Å². The molecule has 0 fully saturated rings. The van der Waals surface area contributed by atoms with E-state index in [9.17, 15) is 19.2 Å². The topological polar surface area (TPSA) is 83.6 Å². The van der Waals surface area contributed by atoms with Crippen molar-refractivity contribution in [2.24, 2.45) is 0 Å². The van der Waals surface area contributed by atoms with Crippen molar-refractivity contribution in [3.63, 3.8) is 0 Å². The molecule has 27 heavy (non-hydrogen) atoms. The molecule has 0 unspecified atom stereocenters. The third-order valence-corrected chi connectivity index (χ3v) is 5.75. The summed E-state index contributed by atoms with van der Waals surface area (Å²) in [6, 6.07) is 11.7. The van der Waals surface area contributed by atoms with Gasteiger partial charge in [-0.05, 0) is 18.2 Å². The Balaban J connectivity index is 1.69. The van der Waals surface area contributed by atoms with Crippen molar-refractivity contribution in [1.29, 1.82) is 0 Å². The van der Waals surface area contributed by atoms with E-state index in [0.29, 0.717) is 50.5 Å². The minimum Gasteiger partial charge on any atom is -0.328 e. The van der Waals surface area contributed by atoms with Crippen LogP contribution in [-0.2, 0) is 4.79 Å². The summed E-state index contributed by atoms with van der Waals surface area (Å²) >= 11 is 1.17. The van der Waals surface area contributed by atoms with Gasteiger partial charge in [0, 0.05) is 27.8 Å². The van der Waals surface area contributed by atoms with E-state index < -0.39 is 11.8 Å². The summed E-state index contributed by atoms with van der Waals surface area (Å²) < 4.78 is 0. The first-order valence-electron chi connectivity index (χ1n) is 8.11. The number of fused-ring (bicyclic) bond motifs is 4. The van der Waals surface area contributed by atoms with E-state index in [-0.39, 0.29) is 5.78 Å². The lowest BCUT2D eigenvalue weighted by atomic mass is 10.1. The Bertz CT molecular complexity index is 1160. The molecule has 1 aliphatic carbocycles. The molecule has 5 rings (SSSR count). The Kier molecular flexibility index (Phi) is 3.16. The summed E-state index contributed by atoms with van der Waals surface area (Å²) in [5.41, 5.74) is 3.18. The molecule has 0 spiro atoms. The number of carbonyl (C=O) groups is 4. The maximum atomic E-state index is 13.0. The lowest BCUT2D eigenvalue weighted by Gasteiger charge is -2.12. The van der Waals surface area contributed by atoms with Crippen LogP contribution in [0.5, 0.6) is 0 Å². The second-order valence-corrected chi connectivity index (χ2v) is 7.00. The second kappa shape index (κ2) is 5.46. The molecule has 2 heterocycles. The number of thiophene rings is 1. The number of carbonyl (C=O) groups excluding carboxylic acids is 4. The van der Waals surface area contributed by atoms with E-state index >= 15 is 0 Å². The zero-order chi connectivity index (χ0) is 18.7. The number of ketones is 1. The summed E-state index contributed by atoms with van der Waals surface area (Å²) in [6.45, 7) is 0. The first kappa shape index (κ1) is 15.7. The Labute approximate surface area is 157 Å². The summed E-state index contributed by atoms with van der Waals surface area (Å²) in [7, 11) is 0. The lowest BCUT2D eigenvalue weighted by Crippen LogP contribution is -2.29. The molecule has 1 N–H and O–H groups in total. The fraction of sp³-hybridized carbons (Fsp3) is 0. The maximum Gasteiger partial charge on any atom is 0.266 e. The van der Waals surface area contributed by atoms with E-state index in [1.807, 2.05) is 0 Å². The van der Waals surface area contributed by atoms with E-state index in [1.54, 1.807) is 47.8 Å². The van der Waals surface area contributed by atoms with E-state index in [0.717, 1.165) is 4.90 Å². The third-order valence-electron chi connectivity index (χ3n) is 4.79. The first-order valence-corrected chi connectivity index (χ1v) is 8.99. The Morgan fingerprint density at radius 2 is 1.48 bits per heavy atom. The van der Waals surface area contributed by atoms with E-state index in [1.165, 1.54) is 11.3 Å². The summed E-state index contributed by atoms with van der Waals surface area (Å²) in [5.74, 6) is -1.13. The van der Waals surface area contributed by atoms with Crippen molar-refractivity contribution in [1.82, 2.24) is 0 Å². The molecule has 0 radical (unpaired) electrons. The Morgan fingerprint density at radius 1 is 0.815 bits per heavy atom. The molecule has 3 amide bonds. The molecule has 0 saturated heterocycles. The number of nitrogens with one attached hydrogen (secondary N) is 1. The zero-order valence-electron chi connectivity index (χ0n) is 13.7. The molecule has 1 aromatic heterocycles. The number of hydrogen-bond donors (Lipinski definition) is 1. The third kappa shape index (κ3) is 1.94. The first-order chi connectivity index (χ1) is 13.1. The average molecular weight is 374 g/mol. The molecule has 7 heteroatoms. The van der Waals surface area contributed by atoms with Gasteiger partial charge < -0.3 is 5.32 Å². The predicted molar refractivity (Wildman–Crippen MR) is 100 cm³/mol. The highest BCUT2D eigenvalue weighted by molar-refractivity contribution is 7.15. The van der Waals surface area contributed by atoms with Crippen molar-refractivity contribution in [2.75, 3.05) is 10.2 Å². The van der Waals surface area contributed by atoms with Crippen LogP contribution in [0.25, 0.3) is 11.1 Å². The standard InChI is InChI=1S/C20H10N2O4S/c23-9-21-14-7-3-6-12-15(14)13-8-27-20(16(13)17(12)24)22-18(25)10-4-1-2-5-11(10)19(22)26/h1-9H,(H,21,23). The van der Waals surface area contributed by atoms with Crippen LogP contribution in [0.4, 0.5) is 10.7 Å². The van der Waals surface area contributed by atoms with Crippen LogP contribution in [0.15, 0.2) is 47.8 Å². The SMILES string of the molecule is O=CNc1cccc2c1-c1csc(N3C(=O)c4ccccc4C3=O)c1C2=O. The van der Waals surface area contributed by atoms with Gasteiger partial charge in [-0.15, -0.1) is 11.3 Å². The van der Waals surface area contributed by atoms with Crippen LogP contribution in [0.3, 0.4) is 0 Å². The number of amides is 3. The van der Waals surface area contributed by atoms with Gasteiger partial charge in [0.15, 0.2) is 5.78 Å². The Morgan fingerprint density at radius 3 is 2.15 bits per heavy atom. The van der Waals surface area contributed by atoms with Gasteiger partial charge in [-0.25, -0.2) is 4.90 Å². The van der Waals surface area contributed by atoms with Gasteiger partial charge in [0.05, 0.1) is 16.7 Å². The van der Waals surface area contributed by atoms with Gasteiger partial charge in [-0.2, -0.15) is 0 Å². The van der Waals surface area contributed by atoms with Gasteiger partial charge in [-0.3, -0.25) is 19.2 Å². The van der Waals surface area contributed by atoms with Gasteiger partial charge in [0.1, 0.15) is 5.00 Å². The Hall–Kier alpha value is -3.58. The average Bonchev–Trinajstić information content (AvgIpc) is 3.30. The minimum absolute atomic E-state index is 0.262. The second-order valence-electron chi connectivity index (χ2n) is 6.14. The predicted octanol–water partition coefficient (Wildman–Crippen LogP) is 3.33. The van der Waals surface area contributed by atoms with Crippen LogP contribution in [0.2, 0.25) is 0 Å². The molecule has 130 valence electrons. The molecule has 6 nitrogen and oxygen atoms in total. The quantitative estimate of drug-likeness (QED) is 0.440. The summed E-state index contributed by atoms with van der Waals surface area (Å²) in [6.07, 6.45) is 0.551. The molecular weight excluding hydrogens is 364 g/mol. The van der Waals surface area contributed by atoms with Crippen molar-refractivity contribution in [2.45, 2.75) is 0 Å². The number of rotatable bonds is 3. The number of nitrogens with zero attached hydrogens (tertiary/aromatic N) is 1. The van der Waals surface area contributed by atoms with Gasteiger partial charge in [0.25, 0.3) is 11.8 Å². The molecule has 0 saturated carbocycles. The number of anilines is 2. The molecule has 2 aliphatic rings. The maximum absolute atomic E-state index is 13.0. The van der Waals surface area contributed by atoms with Crippen molar-refractivity contribution in [3.05, 3.63) is 70.1 Å². The van der Waals surface area contributed by atoms with Gasteiger partial charge >= 0.3 is 0 Å². The van der Waals surface area contributed by atoms with Crippen LogP contribution >= 0.6 is 11.3 Å². The lowest BCUT2D eigenvalue weighted by molar-refractivity contribution is -0.105. The van der Waals surface area contributed by atoms with Crippen molar-refractivity contribution >= 4 is 46.0 Å². The molecule has 0 bridgehead atoms. The largest absolute Gasteiger partial charge is 0.328 e. The molecule has 2 aromatic carbocycles. The van der Waals surface area contributed by atoms with Crippen LogP contribution in [-0.4, -0.2) is 24.0 Å². The highest BCUT2D eigenvalue weighted by Gasteiger charge is 2.42. The number of imide groups is 1. The fourth-order valence-electron chi connectivity index (χ4n) is 3.64. The van der Waals surface area contributed by atoms with E-state index in [4.69, 9.17) is 0 Å². The zero-order valence-corrected chi connectivity index (χ0v) is 14.5. The monoisotopic (exact) mass is 374 g/mol.